The van der Waals surface area contributed by atoms with Crippen LogP contribution >= 0.6 is 0 Å². The molecule has 2 heterocycles. The molecule has 172 valence electrons. The number of aromatic amines is 1. The van der Waals surface area contributed by atoms with Gasteiger partial charge in [-0.2, -0.15) is 13.2 Å². The summed E-state index contributed by atoms with van der Waals surface area (Å²) in [4.78, 5) is 32.0. The van der Waals surface area contributed by atoms with Crippen molar-refractivity contribution in [2.24, 2.45) is 0 Å². The minimum absolute atomic E-state index is 0.00256. The van der Waals surface area contributed by atoms with E-state index in [1.165, 1.54) is 6.92 Å². The maximum atomic E-state index is 13.2. The molecule has 1 fully saturated rings. The number of fused-ring (bicyclic) bond motifs is 1. The van der Waals surface area contributed by atoms with E-state index >= 15 is 0 Å². The first-order chi connectivity index (χ1) is 15.7. The molecule has 1 amide bonds. The van der Waals surface area contributed by atoms with Crippen molar-refractivity contribution < 1.29 is 22.8 Å². The molecule has 1 saturated heterocycles. The van der Waals surface area contributed by atoms with Crippen LogP contribution in [0.4, 0.5) is 13.2 Å². The Balaban J connectivity index is 1.51. The molecule has 4 rings (SSSR count). The first-order valence-corrected chi connectivity index (χ1v) is 10.7. The Morgan fingerprint density at radius 3 is 2.42 bits per heavy atom. The number of hydrogen-bond donors (Lipinski definition) is 1. The molecule has 1 aromatic heterocycles. The van der Waals surface area contributed by atoms with Crippen LogP contribution in [0, 0.1) is 0 Å². The van der Waals surface area contributed by atoms with Gasteiger partial charge >= 0.3 is 6.18 Å². The lowest BCUT2D eigenvalue weighted by Crippen LogP contribution is -2.48. The molecule has 8 heteroatoms. The molecular formula is C25H24F3N3O2. The zero-order valence-corrected chi connectivity index (χ0v) is 18.2. The van der Waals surface area contributed by atoms with Gasteiger partial charge in [0.25, 0.3) is 5.91 Å². The number of carbonyl (C=O) groups is 2. The summed E-state index contributed by atoms with van der Waals surface area (Å²) < 4.78 is 39.6. The smallest absolute Gasteiger partial charge is 0.371 e. The van der Waals surface area contributed by atoms with E-state index in [1.54, 1.807) is 40.3 Å². The van der Waals surface area contributed by atoms with Gasteiger partial charge in [-0.1, -0.05) is 18.7 Å². The van der Waals surface area contributed by atoms with Crippen LogP contribution in [-0.2, 0) is 11.2 Å². The van der Waals surface area contributed by atoms with E-state index in [9.17, 15) is 22.8 Å². The van der Waals surface area contributed by atoms with E-state index in [4.69, 9.17) is 0 Å². The largest absolute Gasteiger partial charge is 0.418 e. The zero-order valence-electron chi connectivity index (χ0n) is 18.2. The van der Waals surface area contributed by atoms with Gasteiger partial charge in [-0.15, -0.1) is 0 Å². The summed E-state index contributed by atoms with van der Waals surface area (Å²) in [5.74, 6) is -0.194. The average molecular weight is 455 g/mol. The Hall–Kier alpha value is -3.55. The fourth-order valence-corrected chi connectivity index (χ4v) is 4.35. The molecule has 0 spiro atoms. The quantitative estimate of drug-likeness (QED) is 0.547. The maximum absolute atomic E-state index is 13.2. The lowest BCUT2D eigenvalue weighted by atomic mass is 10.0. The van der Waals surface area contributed by atoms with Gasteiger partial charge in [0.15, 0.2) is 5.78 Å². The number of nitrogens with zero attached hydrogens (tertiary/aromatic N) is 2. The summed E-state index contributed by atoms with van der Waals surface area (Å²) in [6.07, 6.45) is 0.221. The molecule has 0 unspecified atom stereocenters. The zero-order chi connectivity index (χ0) is 23.8. The number of rotatable bonds is 4. The molecule has 5 nitrogen and oxygen atoms in total. The molecule has 0 atom stereocenters. The number of allylic oxidation sites excluding steroid dienone is 4. The maximum Gasteiger partial charge on any atom is 0.418 e. The number of piperazine rings is 1. The number of Topliss-reactive ketones (excluding diaryl/α,β-unsaturated/α-hetero) is 1. The molecule has 2 aromatic rings. The van der Waals surface area contributed by atoms with Crippen molar-refractivity contribution >= 4 is 23.3 Å². The summed E-state index contributed by atoms with van der Waals surface area (Å²) in [5.41, 5.74) is 2.81. The fourth-order valence-electron chi connectivity index (χ4n) is 4.35. The van der Waals surface area contributed by atoms with Crippen molar-refractivity contribution in [3.8, 4) is 0 Å². The third-order valence-electron chi connectivity index (χ3n) is 6.16. The van der Waals surface area contributed by atoms with Crippen LogP contribution in [-0.4, -0.2) is 58.8 Å². The first-order valence-electron chi connectivity index (χ1n) is 10.7. The predicted molar refractivity (Wildman–Crippen MR) is 120 cm³/mol. The number of hydrogen-bond acceptors (Lipinski definition) is 3. The molecule has 1 aliphatic carbocycles. The second kappa shape index (κ2) is 8.77. The molecule has 0 bridgehead atoms. The van der Waals surface area contributed by atoms with Crippen molar-refractivity contribution in [3.63, 3.8) is 0 Å². The van der Waals surface area contributed by atoms with Crippen LogP contribution in [0.2, 0.25) is 0 Å². The minimum atomic E-state index is -4.47. The molecule has 0 radical (unpaired) electrons. The molecule has 1 aliphatic heterocycles. The third-order valence-corrected chi connectivity index (χ3v) is 6.16. The topological polar surface area (TPSA) is 56.4 Å². The molecular weight excluding hydrogens is 431 g/mol. The van der Waals surface area contributed by atoms with Crippen LogP contribution in [0.3, 0.4) is 0 Å². The van der Waals surface area contributed by atoms with Crippen LogP contribution in [0.5, 0.6) is 0 Å². The molecule has 0 saturated carbocycles. The van der Waals surface area contributed by atoms with Gasteiger partial charge in [0.2, 0.25) is 0 Å². The summed E-state index contributed by atoms with van der Waals surface area (Å²) in [6, 6.07) is 8.96. The second-order valence-electron chi connectivity index (χ2n) is 8.14. The van der Waals surface area contributed by atoms with Gasteiger partial charge in [-0.05, 0) is 48.4 Å². The fraction of sp³-hybridized carbons (Fsp3) is 0.280. The molecule has 2 aliphatic rings. The van der Waals surface area contributed by atoms with Crippen molar-refractivity contribution in [1.29, 1.82) is 0 Å². The monoisotopic (exact) mass is 455 g/mol. The van der Waals surface area contributed by atoms with Gasteiger partial charge in [-0.25, -0.2) is 0 Å². The van der Waals surface area contributed by atoms with E-state index in [0.717, 1.165) is 22.9 Å². The van der Waals surface area contributed by atoms with Gasteiger partial charge in [0.1, 0.15) is 0 Å². The number of halogens is 3. The van der Waals surface area contributed by atoms with E-state index in [-0.39, 0.29) is 17.4 Å². The Morgan fingerprint density at radius 2 is 1.82 bits per heavy atom. The highest BCUT2D eigenvalue weighted by Gasteiger charge is 2.35. The standard InChI is InChI=1S/C25H24F3N3O2/c1-3-22(25(26,27)28)16(2)30-9-11-31(12-10-30)24(33)18-7-6-17-14-23(32)21(20(17)13-18)15-19-5-4-8-29-19/h3-8,13,15,29H,1,9-12,14H2,2H3/b21-15-,22-16-. The second-order valence-corrected chi connectivity index (χ2v) is 8.14. The first kappa shape index (κ1) is 22.6. The van der Waals surface area contributed by atoms with Crippen molar-refractivity contribution in [3.05, 3.63) is 82.8 Å². The number of H-pyrrole nitrogens is 1. The van der Waals surface area contributed by atoms with Crippen LogP contribution in [0.15, 0.2) is 60.5 Å². The summed E-state index contributed by atoms with van der Waals surface area (Å²) in [5, 5.41) is 0. The number of ketones is 1. The van der Waals surface area contributed by atoms with Gasteiger partial charge in [-0.3, -0.25) is 9.59 Å². The molecule has 33 heavy (non-hydrogen) atoms. The van der Waals surface area contributed by atoms with Crippen molar-refractivity contribution in [1.82, 2.24) is 14.8 Å². The number of alkyl halides is 3. The minimum Gasteiger partial charge on any atom is -0.371 e. The Morgan fingerprint density at radius 1 is 1.12 bits per heavy atom. The third kappa shape index (κ3) is 4.51. The lowest BCUT2D eigenvalue weighted by Gasteiger charge is -2.37. The number of benzene rings is 1. The number of nitrogens with one attached hydrogen (secondary N) is 1. The number of amides is 1. The van der Waals surface area contributed by atoms with E-state index in [1.807, 2.05) is 12.1 Å². The number of carbonyl (C=O) groups excluding carboxylic acids is 2. The average Bonchev–Trinajstić information content (AvgIpc) is 3.40. The lowest BCUT2D eigenvalue weighted by molar-refractivity contribution is -0.112. The normalized spacial score (nSPS) is 18.4. The van der Waals surface area contributed by atoms with Crippen LogP contribution in [0.1, 0.15) is 34.1 Å². The predicted octanol–water partition coefficient (Wildman–Crippen LogP) is 4.46. The number of aromatic nitrogens is 1. The van der Waals surface area contributed by atoms with Crippen LogP contribution < -0.4 is 0 Å². The Bertz CT molecular complexity index is 1150. The van der Waals surface area contributed by atoms with Gasteiger partial charge in [0, 0.05) is 61.3 Å². The van der Waals surface area contributed by atoms with Gasteiger partial charge < -0.3 is 14.8 Å². The SMILES string of the molecule is C=C/C(=C(\C)N1CCN(C(=O)c2ccc3c(c2)/C(=C/c2ccc[nH]2)C(=O)C3)CC1)C(F)(F)F. The van der Waals surface area contributed by atoms with E-state index in [0.29, 0.717) is 43.7 Å². The summed E-state index contributed by atoms with van der Waals surface area (Å²) in [6.45, 7) is 5.92. The Kier molecular flexibility index (Phi) is 6.01. The van der Waals surface area contributed by atoms with Gasteiger partial charge in [0.05, 0.1) is 5.57 Å². The highest BCUT2D eigenvalue weighted by atomic mass is 19.4. The molecule has 1 N–H and O–H groups in total. The highest BCUT2D eigenvalue weighted by Crippen LogP contribution is 2.33. The molecule has 1 aromatic carbocycles. The van der Waals surface area contributed by atoms with E-state index in [2.05, 4.69) is 11.6 Å². The summed E-state index contributed by atoms with van der Waals surface area (Å²) in [7, 11) is 0. The summed E-state index contributed by atoms with van der Waals surface area (Å²) >= 11 is 0. The van der Waals surface area contributed by atoms with Crippen molar-refractivity contribution in [2.75, 3.05) is 26.2 Å². The van der Waals surface area contributed by atoms with E-state index < -0.39 is 11.7 Å². The Labute approximate surface area is 189 Å². The van der Waals surface area contributed by atoms with Crippen molar-refractivity contribution in [2.45, 2.75) is 19.5 Å². The highest BCUT2D eigenvalue weighted by molar-refractivity contribution is 6.29. The van der Waals surface area contributed by atoms with Crippen LogP contribution in [0.25, 0.3) is 11.6 Å².